The van der Waals surface area contributed by atoms with Gasteiger partial charge in [0, 0.05) is 12.1 Å². The van der Waals surface area contributed by atoms with E-state index >= 15 is 0 Å². The summed E-state index contributed by atoms with van der Waals surface area (Å²) in [6, 6.07) is 6.04. The fourth-order valence-corrected chi connectivity index (χ4v) is 1.98. The molecule has 1 aromatic carbocycles. The Bertz CT molecular complexity index is 445. The standard InChI is InChI=1S/C14H20N2O4/c1-2-20-14(17)13(5-3-4-10-15)11-6-8-12(9-7-11)16(18)19/h6-9,13H,2-5,10,15H2,1H3. The van der Waals surface area contributed by atoms with E-state index in [-0.39, 0.29) is 17.6 Å². The number of nitrogens with two attached hydrogens (primary N) is 1. The smallest absolute Gasteiger partial charge is 0.313 e. The SMILES string of the molecule is CCOC(=O)C(CCCCN)c1ccc([N+](=O)[O-])cc1. The molecule has 0 fully saturated rings. The van der Waals surface area contributed by atoms with Crippen molar-refractivity contribution in [3.63, 3.8) is 0 Å². The summed E-state index contributed by atoms with van der Waals surface area (Å²) in [7, 11) is 0. The zero-order valence-electron chi connectivity index (χ0n) is 11.6. The number of hydrogen-bond acceptors (Lipinski definition) is 5. The van der Waals surface area contributed by atoms with Crippen molar-refractivity contribution in [3.05, 3.63) is 39.9 Å². The van der Waals surface area contributed by atoms with Crippen LogP contribution in [0.25, 0.3) is 0 Å². The maximum absolute atomic E-state index is 12.0. The lowest BCUT2D eigenvalue weighted by Gasteiger charge is -2.15. The van der Waals surface area contributed by atoms with Crippen LogP contribution in [0.4, 0.5) is 5.69 Å². The molecule has 1 aromatic rings. The van der Waals surface area contributed by atoms with Crippen LogP contribution in [0.3, 0.4) is 0 Å². The molecule has 110 valence electrons. The molecule has 20 heavy (non-hydrogen) atoms. The summed E-state index contributed by atoms with van der Waals surface area (Å²) in [6.07, 6.45) is 2.29. The van der Waals surface area contributed by atoms with Gasteiger partial charge in [-0.2, -0.15) is 0 Å². The molecule has 0 radical (unpaired) electrons. The van der Waals surface area contributed by atoms with Gasteiger partial charge in [0.15, 0.2) is 0 Å². The van der Waals surface area contributed by atoms with Gasteiger partial charge in [0.1, 0.15) is 0 Å². The Hall–Kier alpha value is -1.95. The number of nitro benzene ring substituents is 1. The number of non-ortho nitro benzene ring substituents is 1. The van der Waals surface area contributed by atoms with Gasteiger partial charge >= 0.3 is 5.97 Å². The minimum absolute atomic E-state index is 0.0123. The molecule has 0 aliphatic heterocycles. The second-order valence-corrected chi connectivity index (χ2v) is 4.44. The molecule has 0 bridgehead atoms. The zero-order valence-corrected chi connectivity index (χ0v) is 11.6. The number of esters is 1. The number of carbonyl (C=O) groups excluding carboxylic acids is 1. The van der Waals surface area contributed by atoms with Gasteiger partial charge in [-0.15, -0.1) is 0 Å². The van der Waals surface area contributed by atoms with Crippen molar-refractivity contribution in [1.82, 2.24) is 0 Å². The second kappa shape index (κ2) is 8.27. The van der Waals surface area contributed by atoms with Gasteiger partial charge in [-0.05, 0) is 31.9 Å². The van der Waals surface area contributed by atoms with E-state index in [4.69, 9.17) is 10.5 Å². The van der Waals surface area contributed by atoms with Gasteiger partial charge in [-0.3, -0.25) is 14.9 Å². The molecule has 0 aliphatic rings. The van der Waals surface area contributed by atoms with E-state index in [2.05, 4.69) is 0 Å². The Morgan fingerprint density at radius 1 is 1.35 bits per heavy atom. The molecule has 1 rings (SSSR count). The van der Waals surface area contributed by atoms with Crippen LogP contribution in [-0.2, 0) is 9.53 Å². The highest BCUT2D eigenvalue weighted by molar-refractivity contribution is 5.78. The van der Waals surface area contributed by atoms with E-state index < -0.39 is 4.92 Å². The lowest BCUT2D eigenvalue weighted by Crippen LogP contribution is -2.16. The highest BCUT2D eigenvalue weighted by Crippen LogP contribution is 2.25. The summed E-state index contributed by atoms with van der Waals surface area (Å²) in [5.41, 5.74) is 6.20. The summed E-state index contributed by atoms with van der Waals surface area (Å²) >= 11 is 0. The number of nitro groups is 1. The largest absolute Gasteiger partial charge is 0.466 e. The lowest BCUT2D eigenvalue weighted by molar-refractivity contribution is -0.384. The van der Waals surface area contributed by atoms with Crippen molar-refractivity contribution < 1.29 is 14.5 Å². The zero-order chi connectivity index (χ0) is 15.0. The van der Waals surface area contributed by atoms with Crippen LogP contribution in [0.5, 0.6) is 0 Å². The first-order chi connectivity index (χ1) is 9.60. The Morgan fingerprint density at radius 3 is 2.50 bits per heavy atom. The minimum atomic E-state index is -0.461. The van der Waals surface area contributed by atoms with Crippen molar-refractivity contribution in [2.24, 2.45) is 5.73 Å². The van der Waals surface area contributed by atoms with Gasteiger partial charge in [-0.25, -0.2) is 0 Å². The van der Waals surface area contributed by atoms with Gasteiger partial charge < -0.3 is 10.5 Å². The first kappa shape index (κ1) is 16.1. The summed E-state index contributed by atoms with van der Waals surface area (Å²) in [6.45, 7) is 2.65. The van der Waals surface area contributed by atoms with Crippen LogP contribution < -0.4 is 5.73 Å². The fraction of sp³-hybridized carbons (Fsp3) is 0.500. The van der Waals surface area contributed by atoms with Crippen molar-refractivity contribution in [3.8, 4) is 0 Å². The van der Waals surface area contributed by atoms with Crippen molar-refractivity contribution in [2.45, 2.75) is 32.1 Å². The topological polar surface area (TPSA) is 95.5 Å². The van der Waals surface area contributed by atoms with E-state index in [0.717, 1.165) is 18.4 Å². The molecule has 1 unspecified atom stereocenters. The first-order valence-corrected chi connectivity index (χ1v) is 6.71. The average Bonchev–Trinajstić information content (AvgIpc) is 2.44. The molecule has 0 aromatic heterocycles. The molecule has 6 heteroatoms. The summed E-state index contributed by atoms with van der Waals surface area (Å²) in [5, 5.41) is 10.6. The normalized spacial score (nSPS) is 11.9. The maximum Gasteiger partial charge on any atom is 0.313 e. The molecule has 0 aliphatic carbocycles. The van der Waals surface area contributed by atoms with E-state index in [1.807, 2.05) is 0 Å². The Balaban J connectivity index is 2.85. The minimum Gasteiger partial charge on any atom is -0.466 e. The van der Waals surface area contributed by atoms with Crippen molar-refractivity contribution in [1.29, 1.82) is 0 Å². The first-order valence-electron chi connectivity index (χ1n) is 6.71. The van der Waals surface area contributed by atoms with Crippen LogP contribution in [0.1, 0.15) is 37.7 Å². The molecule has 1 atom stereocenters. The van der Waals surface area contributed by atoms with E-state index in [0.29, 0.717) is 19.6 Å². The number of ether oxygens (including phenoxy) is 1. The molecule has 0 amide bonds. The summed E-state index contributed by atoms with van der Waals surface area (Å²) in [5.74, 6) is -0.680. The van der Waals surface area contributed by atoms with E-state index in [9.17, 15) is 14.9 Å². The molecular weight excluding hydrogens is 260 g/mol. The number of benzene rings is 1. The monoisotopic (exact) mass is 280 g/mol. The second-order valence-electron chi connectivity index (χ2n) is 4.44. The summed E-state index contributed by atoms with van der Waals surface area (Å²) < 4.78 is 5.06. The van der Waals surface area contributed by atoms with Crippen LogP contribution >= 0.6 is 0 Å². The summed E-state index contributed by atoms with van der Waals surface area (Å²) in [4.78, 5) is 22.1. The van der Waals surface area contributed by atoms with Crippen molar-refractivity contribution >= 4 is 11.7 Å². The Labute approximate surface area is 118 Å². The highest BCUT2D eigenvalue weighted by Gasteiger charge is 2.22. The maximum atomic E-state index is 12.0. The van der Waals surface area contributed by atoms with Gasteiger partial charge in [-0.1, -0.05) is 18.6 Å². The molecular formula is C14H20N2O4. The van der Waals surface area contributed by atoms with Crippen LogP contribution in [-0.4, -0.2) is 24.0 Å². The van der Waals surface area contributed by atoms with Crippen molar-refractivity contribution in [2.75, 3.05) is 13.2 Å². The highest BCUT2D eigenvalue weighted by atomic mass is 16.6. The third-order valence-electron chi connectivity index (χ3n) is 3.02. The molecule has 0 saturated heterocycles. The molecule has 2 N–H and O–H groups in total. The number of nitrogens with zero attached hydrogens (tertiary/aromatic N) is 1. The Kier molecular flexibility index (Phi) is 6.66. The number of rotatable bonds is 8. The average molecular weight is 280 g/mol. The van der Waals surface area contributed by atoms with Crippen LogP contribution in [0.15, 0.2) is 24.3 Å². The van der Waals surface area contributed by atoms with Gasteiger partial charge in [0.25, 0.3) is 5.69 Å². The number of unbranched alkanes of at least 4 members (excludes halogenated alkanes) is 1. The third kappa shape index (κ3) is 4.62. The molecule has 0 heterocycles. The Morgan fingerprint density at radius 2 is 2.00 bits per heavy atom. The van der Waals surface area contributed by atoms with Crippen LogP contribution in [0.2, 0.25) is 0 Å². The number of carbonyl (C=O) groups is 1. The van der Waals surface area contributed by atoms with Gasteiger partial charge in [0.05, 0.1) is 17.4 Å². The molecule has 0 saturated carbocycles. The fourth-order valence-electron chi connectivity index (χ4n) is 1.98. The van der Waals surface area contributed by atoms with E-state index in [1.54, 1.807) is 19.1 Å². The third-order valence-corrected chi connectivity index (χ3v) is 3.02. The predicted octanol–water partition coefficient (Wildman–Crippen LogP) is 2.37. The molecule has 6 nitrogen and oxygen atoms in total. The van der Waals surface area contributed by atoms with Gasteiger partial charge in [0.2, 0.25) is 0 Å². The van der Waals surface area contributed by atoms with Crippen LogP contribution in [0, 0.1) is 10.1 Å². The lowest BCUT2D eigenvalue weighted by atomic mass is 9.93. The predicted molar refractivity (Wildman–Crippen MR) is 75.4 cm³/mol. The molecule has 0 spiro atoms. The number of hydrogen-bond donors (Lipinski definition) is 1. The quantitative estimate of drug-likeness (QED) is 0.341. The van der Waals surface area contributed by atoms with E-state index in [1.165, 1.54) is 12.1 Å².